The molecule has 14 heteroatoms. The van der Waals surface area contributed by atoms with Gasteiger partial charge in [0.1, 0.15) is 30.0 Å². The molecule has 1 heterocycles. The highest BCUT2D eigenvalue weighted by atomic mass is 32.3. The fraction of sp³-hybridized carbons (Fsp3) is 0.935. The Bertz CT molecular complexity index is 1200. The maximum Gasteiger partial charge on any atom is 0.397 e. The van der Waals surface area contributed by atoms with Crippen molar-refractivity contribution in [3.8, 4) is 0 Å². The van der Waals surface area contributed by atoms with E-state index in [0.29, 0.717) is 32.1 Å². The second kappa shape index (κ2) is 12.6. The zero-order valence-electron chi connectivity index (χ0n) is 26.4. The molecule has 17 atom stereocenters. The maximum absolute atomic E-state index is 12.5. The van der Waals surface area contributed by atoms with Crippen molar-refractivity contribution in [2.24, 2.45) is 46.3 Å². The van der Waals surface area contributed by atoms with Crippen molar-refractivity contribution in [2.45, 2.75) is 121 Å². The van der Waals surface area contributed by atoms with Gasteiger partial charge in [0.15, 0.2) is 6.29 Å². The van der Waals surface area contributed by atoms with Crippen molar-refractivity contribution in [1.29, 1.82) is 0 Å². The largest absolute Gasteiger partial charge is 0.397 e. The number of hydrogen-bond donors (Lipinski definition) is 8. The summed E-state index contributed by atoms with van der Waals surface area (Å²) in [5, 5.41) is 77.5. The van der Waals surface area contributed by atoms with Crippen molar-refractivity contribution < 1.29 is 62.4 Å². The number of aliphatic hydroxyl groups is 7. The lowest BCUT2D eigenvalue weighted by atomic mass is 9.41. The number of ether oxygens (including phenoxy) is 2. The first-order valence-electron chi connectivity index (χ1n) is 16.2. The molecule has 0 radical (unpaired) electrons. The Kier molecular flexibility index (Phi) is 9.96. The van der Waals surface area contributed by atoms with Gasteiger partial charge in [-0.1, -0.05) is 39.8 Å². The van der Waals surface area contributed by atoms with E-state index in [1.165, 1.54) is 0 Å². The first-order chi connectivity index (χ1) is 20.8. The first-order valence-corrected chi connectivity index (χ1v) is 17.6. The molecule has 8 N–H and O–H groups in total. The van der Waals surface area contributed by atoms with E-state index in [1.807, 2.05) is 19.1 Å². The van der Waals surface area contributed by atoms with Gasteiger partial charge in [-0.05, 0) is 78.9 Å². The summed E-state index contributed by atoms with van der Waals surface area (Å²) in [4.78, 5) is 0. The third-order valence-electron chi connectivity index (χ3n) is 12.5. The third kappa shape index (κ3) is 6.17. The molecule has 1 saturated heterocycles. The van der Waals surface area contributed by atoms with Gasteiger partial charge in [-0.2, -0.15) is 8.42 Å². The minimum Gasteiger partial charge on any atom is -0.393 e. The smallest absolute Gasteiger partial charge is 0.393 e. The summed E-state index contributed by atoms with van der Waals surface area (Å²) in [6.45, 7) is 7.50. The molecule has 5 rings (SSSR count). The molecule has 45 heavy (non-hydrogen) atoms. The van der Waals surface area contributed by atoms with Crippen LogP contribution in [-0.4, -0.2) is 117 Å². The predicted octanol–water partition coefficient (Wildman–Crippen LogP) is 0.145. The Morgan fingerprint density at radius 2 is 1.60 bits per heavy atom. The minimum atomic E-state index is -4.74. The quantitative estimate of drug-likeness (QED) is 0.122. The number of rotatable bonds is 9. The van der Waals surface area contributed by atoms with Gasteiger partial charge in [-0.3, -0.25) is 4.55 Å². The number of fused-ring (bicyclic) bond motifs is 5. The van der Waals surface area contributed by atoms with Gasteiger partial charge in [0.2, 0.25) is 0 Å². The van der Waals surface area contributed by atoms with Gasteiger partial charge in [0, 0.05) is 5.92 Å². The minimum absolute atomic E-state index is 0.0198. The third-order valence-corrected chi connectivity index (χ3v) is 12.9. The molecule has 260 valence electrons. The predicted molar refractivity (Wildman–Crippen MR) is 158 cm³/mol. The van der Waals surface area contributed by atoms with Crippen LogP contribution in [0.3, 0.4) is 0 Å². The van der Waals surface area contributed by atoms with Crippen molar-refractivity contribution in [2.75, 3.05) is 13.2 Å². The molecule has 5 fully saturated rings. The van der Waals surface area contributed by atoms with Crippen LogP contribution in [0.25, 0.3) is 0 Å². The topological polar surface area (TPSA) is 224 Å². The first kappa shape index (κ1) is 35.6. The van der Waals surface area contributed by atoms with E-state index in [-0.39, 0.29) is 36.2 Å². The molecule has 0 aromatic rings. The highest BCUT2D eigenvalue weighted by Gasteiger charge is 2.73. The molecule has 4 saturated carbocycles. The normalized spacial score (nSPS) is 51.5. The van der Waals surface area contributed by atoms with Gasteiger partial charge in [-0.15, -0.1) is 0 Å². The highest BCUT2D eigenvalue weighted by molar-refractivity contribution is 7.80. The Morgan fingerprint density at radius 1 is 0.933 bits per heavy atom. The summed E-state index contributed by atoms with van der Waals surface area (Å²) in [6.07, 6.45) is -2.01. The molecule has 0 bridgehead atoms. The van der Waals surface area contributed by atoms with Crippen LogP contribution < -0.4 is 0 Å². The maximum atomic E-state index is 12.5. The van der Waals surface area contributed by atoms with Crippen LogP contribution in [0.5, 0.6) is 0 Å². The second-order valence-corrected chi connectivity index (χ2v) is 16.2. The zero-order valence-corrected chi connectivity index (χ0v) is 27.2. The van der Waals surface area contributed by atoms with Crippen LogP contribution in [0.2, 0.25) is 0 Å². The fourth-order valence-corrected chi connectivity index (χ4v) is 10.5. The van der Waals surface area contributed by atoms with E-state index >= 15 is 0 Å². The van der Waals surface area contributed by atoms with Gasteiger partial charge >= 0.3 is 10.4 Å². The van der Waals surface area contributed by atoms with Crippen molar-refractivity contribution in [3.63, 3.8) is 0 Å². The lowest BCUT2D eigenvalue weighted by molar-refractivity contribution is -0.309. The van der Waals surface area contributed by atoms with Gasteiger partial charge in [-0.25, -0.2) is 4.18 Å². The van der Waals surface area contributed by atoms with E-state index in [1.54, 1.807) is 0 Å². The molecule has 13 nitrogen and oxygen atoms in total. The van der Waals surface area contributed by atoms with Crippen LogP contribution in [0, 0.1) is 46.3 Å². The molecular formula is C31H52O13S. The van der Waals surface area contributed by atoms with Crippen LogP contribution in [0.15, 0.2) is 12.2 Å². The molecule has 0 spiro atoms. The number of aliphatic hydroxyl groups excluding tert-OH is 6. The summed E-state index contributed by atoms with van der Waals surface area (Å²) >= 11 is 0. The molecular weight excluding hydrogens is 612 g/mol. The molecule has 0 aromatic carbocycles. The molecule has 5 aliphatic rings. The van der Waals surface area contributed by atoms with Gasteiger partial charge in [0.05, 0.1) is 31.5 Å². The van der Waals surface area contributed by atoms with Crippen LogP contribution in [0.4, 0.5) is 0 Å². The van der Waals surface area contributed by atoms with Crippen molar-refractivity contribution in [3.05, 3.63) is 12.2 Å². The van der Waals surface area contributed by atoms with Gasteiger partial charge < -0.3 is 45.2 Å². The van der Waals surface area contributed by atoms with E-state index in [4.69, 9.17) is 14.0 Å². The highest BCUT2D eigenvalue weighted by Crippen LogP contribution is 2.69. The number of hydrogen-bond acceptors (Lipinski definition) is 12. The number of allylic oxidation sites excluding steroid dienone is 1. The summed E-state index contributed by atoms with van der Waals surface area (Å²) < 4.78 is 45.7. The van der Waals surface area contributed by atoms with Crippen LogP contribution in [0.1, 0.15) is 66.2 Å². The van der Waals surface area contributed by atoms with E-state index in [2.05, 4.69) is 25.0 Å². The van der Waals surface area contributed by atoms with E-state index < -0.39 is 88.4 Å². The van der Waals surface area contributed by atoms with Crippen LogP contribution in [-0.2, 0) is 24.1 Å². The second-order valence-electron chi connectivity index (χ2n) is 15.1. The SMILES string of the molecule is CC(C=CC(C)C1CC(O)C2C1(C)CCC1C3(C)CCC(O)CC3C(O)C(O)C12O)COC1OC(COS(=O)(=O)O)C(O)C1O. The summed E-state index contributed by atoms with van der Waals surface area (Å²) in [5.74, 6) is -1.48. The zero-order chi connectivity index (χ0) is 33.3. The molecule has 1 aliphatic heterocycles. The monoisotopic (exact) mass is 664 g/mol. The Morgan fingerprint density at radius 3 is 2.27 bits per heavy atom. The summed E-state index contributed by atoms with van der Waals surface area (Å²) in [6, 6.07) is 0. The molecule has 17 unspecified atom stereocenters. The Balaban J connectivity index is 1.24. The molecule has 0 amide bonds. The Labute approximate surface area is 265 Å². The van der Waals surface area contributed by atoms with Crippen molar-refractivity contribution in [1.82, 2.24) is 0 Å². The lowest BCUT2D eigenvalue weighted by Crippen LogP contribution is -2.75. The average Bonchev–Trinajstić information content (AvgIpc) is 3.40. The fourth-order valence-electron chi connectivity index (χ4n) is 10.2. The summed E-state index contributed by atoms with van der Waals surface area (Å²) in [7, 11) is -4.74. The van der Waals surface area contributed by atoms with Crippen LogP contribution >= 0.6 is 0 Å². The van der Waals surface area contributed by atoms with Crippen molar-refractivity contribution >= 4 is 10.4 Å². The lowest BCUT2D eigenvalue weighted by Gasteiger charge is -2.67. The molecule has 0 aromatic heterocycles. The summed E-state index contributed by atoms with van der Waals surface area (Å²) in [5.41, 5.74) is -2.65. The standard InChI is InChI=1S/C31H52O13S/c1-15(13-42-28-25(36)24(35)21(44-28)14-43-45(39,40)41)5-6-16(2)18-12-20(33)26-30(18,4)10-8-22-29(3)9-7-17(32)11-19(29)23(34)27(37)31(22,26)38/h5-6,15-28,32-38H,7-14H2,1-4H3,(H,39,40,41). The Hall–Kier alpha value is -0.750. The van der Waals surface area contributed by atoms with Gasteiger partial charge in [0.25, 0.3) is 0 Å². The van der Waals surface area contributed by atoms with E-state index in [0.717, 1.165) is 6.42 Å². The average molecular weight is 665 g/mol. The van der Waals surface area contributed by atoms with E-state index in [9.17, 15) is 44.2 Å². The molecule has 4 aliphatic carbocycles.